The van der Waals surface area contributed by atoms with Crippen molar-refractivity contribution in [3.63, 3.8) is 0 Å². The van der Waals surface area contributed by atoms with Gasteiger partial charge >= 0.3 is 0 Å². The second-order valence-corrected chi connectivity index (χ2v) is 5.99. The molecule has 2 rings (SSSR count). The maximum atomic E-state index is 13.0. The summed E-state index contributed by atoms with van der Waals surface area (Å²) in [5.74, 6) is -3.49. The van der Waals surface area contributed by atoms with Gasteiger partial charge in [-0.25, -0.2) is 8.78 Å². The van der Waals surface area contributed by atoms with E-state index in [9.17, 15) is 18.4 Å². The van der Waals surface area contributed by atoms with Crippen LogP contribution >= 0.6 is 15.9 Å². The second kappa shape index (κ2) is 5.63. The zero-order chi connectivity index (χ0) is 14.9. The van der Waals surface area contributed by atoms with Gasteiger partial charge in [0.05, 0.1) is 4.47 Å². The predicted octanol–water partition coefficient (Wildman–Crippen LogP) is 2.91. The maximum absolute atomic E-state index is 13.0. The molecular formula is C13H15BrF2N2O2. The third kappa shape index (κ3) is 3.45. The first-order chi connectivity index (χ1) is 9.28. The number of hydrogen-bond donors (Lipinski definition) is 1. The van der Waals surface area contributed by atoms with Gasteiger partial charge in [-0.1, -0.05) is 0 Å². The van der Waals surface area contributed by atoms with Crippen LogP contribution in [0.15, 0.2) is 21.7 Å². The number of hydrogen-bond acceptors (Lipinski definition) is 2. The van der Waals surface area contributed by atoms with E-state index in [-0.39, 0.29) is 42.7 Å². The summed E-state index contributed by atoms with van der Waals surface area (Å²) < 4.78 is 28.1. The van der Waals surface area contributed by atoms with Crippen molar-refractivity contribution in [1.29, 1.82) is 0 Å². The van der Waals surface area contributed by atoms with Crippen LogP contribution in [-0.4, -0.2) is 16.4 Å². The monoisotopic (exact) mass is 348 g/mol. The molecule has 1 heterocycles. The molecule has 1 saturated carbocycles. The molecule has 0 atom stereocenters. The van der Waals surface area contributed by atoms with Crippen molar-refractivity contribution >= 4 is 27.5 Å². The SMILES string of the molecule is Cn1cc(Br)c(=O)c(NC(=O)C2CCC(F)(F)CC2)c1. The molecule has 0 saturated heterocycles. The standard InChI is InChI=1S/C13H15BrF2N2O2/c1-18-6-9(14)11(19)10(7-18)17-12(20)8-2-4-13(15,16)5-3-8/h6-8H,2-5H2,1H3,(H,17,20). The summed E-state index contributed by atoms with van der Waals surface area (Å²) in [6, 6.07) is 0. The highest BCUT2D eigenvalue weighted by atomic mass is 79.9. The largest absolute Gasteiger partial charge is 0.354 e. The summed E-state index contributed by atoms with van der Waals surface area (Å²) in [5, 5.41) is 2.54. The van der Waals surface area contributed by atoms with E-state index in [0.717, 1.165) is 0 Å². The minimum Gasteiger partial charge on any atom is -0.354 e. The van der Waals surface area contributed by atoms with Crippen LogP contribution in [0.2, 0.25) is 0 Å². The molecule has 1 aromatic rings. The van der Waals surface area contributed by atoms with Crippen molar-refractivity contribution in [2.75, 3.05) is 5.32 Å². The molecule has 0 unspecified atom stereocenters. The third-order valence-electron chi connectivity index (χ3n) is 3.46. The van der Waals surface area contributed by atoms with Crippen molar-refractivity contribution in [1.82, 2.24) is 4.57 Å². The van der Waals surface area contributed by atoms with Gasteiger partial charge in [0, 0.05) is 38.2 Å². The number of carbonyl (C=O) groups is 1. The number of alkyl halides is 2. The molecule has 1 aromatic heterocycles. The van der Waals surface area contributed by atoms with E-state index in [1.54, 1.807) is 17.8 Å². The highest BCUT2D eigenvalue weighted by Crippen LogP contribution is 2.36. The van der Waals surface area contributed by atoms with Gasteiger partial charge in [-0.3, -0.25) is 9.59 Å². The minimum atomic E-state index is -2.66. The number of amides is 1. The van der Waals surface area contributed by atoms with Gasteiger partial charge in [0.2, 0.25) is 17.3 Å². The first kappa shape index (κ1) is 15.2. The van der Waals surface area contributed by atoms with E-state index in [0.29, 0.717) is 4.47 Å². The zero-order valence-electron chi connectivity index (χ0n) is 11.0. The van der Waals surface area contributed by atoms with Crippen molar-refractivity contribution < 1.29 is 13.6 Å². The van der Waals surface area contributed by atoms with Crippen molar-refractivity contribution in [3.8, 4) is 0 Å². The Morgan fingerprint density at radius 2 is 2.00 bits per heavy atom. The molecule has 4 nitrogen and oxygen atoms in total. The zero-order valence-corrected chi connectivity index (χ0v) is 12.5. The topological polar surface area (TPSA) is 51.1 Å². The molecule has 1 aliphatic rings. The van der Waals surface area contributed by atoms with Crippen LogP contribution in [0.3, 0.4) is 0 Å². The van der Waals surface area contributed by atoms with Crippen molar-refractivity contribution in [2.24, 2.45) is 13.0 Å². The lowest BCUT2D eigenvalue weighted by atomic mass is 9.86. The van der Waals surface area contributed by atoms with E-state index >= 15 is 0 Å². The van der Waals surface area contributed by atoms with Gasteiger partial charge in [0.1, 0.15) is 5.69 Å². The third-order valence-corrected chi connectivity index (χ3v) is 4.02. The Morgan fingerprint density at radius 1 is 1.40 bits per heavy atom. The molecule has 1 fully saturated rings. The predicted molar refractivity (Wildman–Crippen MR) is 74.9 cm³/mol. The van der Waals surface area contributed by atoms with Crippen LogP contribution in [-0.2, 0) is 11.8 Å². The summed E-state index contributed by atoms with van der Waals surface area (Å²) in [5.41, 5.74) is -0.165. The Hall–Kier alpha value is -1.24. The highest BCUT2D eigenvalue weighted by Gasteiger charge is 2.37. The molecular weight excluding hydrogens is 334 g/mol. The fourth-order valence-corrected chi connectivity index (χ4v) is 2.83. The Bertz CT molecular complexity index is 576. The normalized spacial score (nSPS) is 18.8. The molecule has 0 bridgehead atoms. The van der Waals surface area contributed by atoms with Crippen LogP contribution in [0, 0.1) is 5.92 Å². The van der Waals surface area contributed by atoms with E-state index in [4.69, 9.17) is 0 Å². The first-order valence-corrected chi connectivity index (χ1v) is 7.12. The lowest BCUT2D eigenvalue weighted by molar-refractivity contribution is -0.124. The van der Waals surface area contributed by atoms with Crippen LogP contribution in [0.5, 0.6) is 0 Å². The fraction of sp³-hybridized carbons (Fsp3) is 0.538. The Kier molecular flexibility index (Phi) is 4.27. The number of nitrogens with one attached hydrogen (secondary N) is 1. The smallest absolute Gasteiger partial charge is 0.248 e. The molecule has 20 heavy (non-hydrogen) atoms. The van der Waals surface area contributed by atoms with Gasteiger partial charge in [0.15, 0.2) is 0 Å². The number of carbonyl (C=O) groups excluding carboxylic acids is 1. The quantitative estimate of drug-likeness (QED) is 0.893. The average molecular weight is 349 g/mol. The van der Waals surface area contributed by atoms with Gasteiger partial charge in [-0.15, -0.1) is 0 Å². The number of rotatable bonds is 2. The average Bonchev–Trinajstić information content (AvgIpc) is 2.35. The molecule has 1 aliphatic carbocycles. The van der Waals surface area contributed by atoms with Gasteiger partial charge in [-0.2, -0.15) is 0 Å². The summed E-state index contributed by atoms with van der Waals surface area (Å²) in [4.78, 5) is 23.9. The van der Waals surface area contributed by atoms with E-state index < -0.39 is 11.8 Å². The molecule has 7 heteroatoms. The summed E-state index contributed by atoms with van der Waals surface area (Å²) in [6.07, 6.45) is 2.82. The maximum Gasteiger partial charge on any atom is 0.248 e. The van der Waals surface area contributed by atoms with Crippen LogP contribution in [0.4, 0.5) is 14.5 Å². The lowest BCUT2D eigenvalue weighted by Gasteiger charge is -2.27. The van der Waals surface area contributed by atoms with Crippen molar-refractivity contribution in [2.45, 2.75) is 31.6 Å². The second-order valence-electron chi connectivity index (χ2n) is 5.13. The molecule has 1 N–H and O–H groups in total. The Labute approximate surface area is 123 Å². The number of aromatic nitrogens is 1. The Morgan fingerprint density at radius 3 is 2.60 bits per heavy atom. The van der Waals surface area contributed by atoms with Crippen LogP contribution < -0.4 is 10.7 Å². The number of pyridine rings is 1. The van der Waals surface area contributed by atoms with Crippen LogP contribution in [0.1, 0.15) is 25.7 Å². The number of anilines is 1. The van der Waals surface area contributed by atoms with E-state index in [2.05, 4.69) is 21.2 Å². The van der Waals surface area contributed by atoms with E-state index in [1.807, 2.05) is 0 Å². The lowest BCUT2D eigenvalue weighted by Crippen LogP contribution is -2.33. The van der Waals surface area contributed by atoms with Gasteiger partial charge in [0.25, 0.3) is 0 Å². The number of aryl methyl sites for hydroxylation is 1. The summed E-state index contributed by atoms with van der Waals surface area (Å²) in [7, 11) is 1.72. The number of nitrogens with zero attached hydrogens (tertiary/aromatic N) is 1. The molecule has 0 aliphatic heterocycles. The van der Waals surface area contributed by atoms with Crippen molar-refractivity contribution in [3.05, 3.63) is 27.1 Å². The van der Waals surface area contributed by atoms with Gasteiger partial charge < -0.3 is 9.88 Å². The number of halogens is 3. The summed E-state index contributed by atoms with van der Waals surface area (Å²) >= 11 is 3.11. The first-order valence-electron chi connectivity index (χ1n) is 6.33. The molecule has 0 aromatic carbocycles. The fourth-order valence-electron chi connectivity index (χ4n) is 2.29. The minimum absolute atomic E-state index is 0.146. The highest BCUT2D eigenvalue weighted by molar-refractivity contribution is 9.10. The molecule has 0 radical (unpaired) electrons. The van der Waals surface area contributed by atoms with Crippen LogP contribution in [0.25, 0.3) is 0 Å². The molecule has 0 spiro atoms. The molecule has 1 amide bonds. The molecule has 110 valence electrons. The Balaban J connectivity index is 2.08. The van der Waals surface area contributed by atoms with Gasteiger partial charge in [-0.05, 0) is 28.8 Å². The summed E-state index contributed by atoms with van der Waals surface area (Å²) in [6.45, 7) is 0. The van der Waals surface area contributed by atoms with E-state index in [1.165, 1.54) is 6.20 Å².